The lowest BCUT2D eigenvalue weighted by molar-refractivity contribution is -0.143. The van der Waals surface area contributed by atoms with Gasteiger partial charge in [0.2, 0.25) is 5.91 Å². The van der Waals surface area contributed by atoms with Gasteiger partial charge >= 0.3 is 5.97 Å². The molecule has 0 radical (unpaired) electrons. The van der Waals surface area contributed by atoms with E-state index in [0.717, 1.165) is 45.3 Å². The fraction of sp³-hybridized carbons (Fsp3) is 0.875. The highest BCUT2D eigenvalue weighted by atomic mass is 16.4. The molecule has 122 valence electrons. The van der Waals surface area contributed by atoms with Gasteiger partial charge in [-0.15, -0.1) is 0 Å². The van der Waals surface area contributed by atoms with Crippen LogP contribution < -0.4 is 0 Å². The molecule has 0 heterocycles. The Morgan fingerprint density at radius 1 is 1.14 bits per heavy atom. The molecule has 1 fully saturated rings. The minimum absolute atomic E-state index is 0.158. The molecule has 0 aromatic carbocycles. The summed E-state index contributed by atoms with van der Waals surface area (Å²) >= 11 is 0. The Bertz CT molecular complexity index is 338. The summed E-state index contributed by atoms with van der Waals surface area (Å²) in [5.41, 5.74) is 0. The molecule has 1 aliphatic rings. The first-order valence-corrected chi connectivity index (χ1v) is 8.23. The monoisotopic (exact) mass is 298 g/mol. The number of amides is 1. The van der Waals surface area contributed by atoms with Crippen molar-refractivity contribution in [3.8, 4) is 0 Å². The molecule has 5 heteroatoms. The van der Waals surface area contributed by atoms with Crippen LogP contribution in [0, 0.1) is 11.8 Å². The topological polar surface area (TPSA) is 60.9 Å². The van der Waals surface area contributed by atoms with Crippen LogP contribution in [0.3, 0.4) is 0 Å². The molecular weight excluding hydrogens is 268 g/mol. The van der Waals surface area contributed by atoms with E-state index in [1.54, 1.807) is 11.8 Å². The molecule has 0 aliphatic heterocycles. The predicted octanol–water partition coefficient (Wildman–Crippen LogP) is 2.07. The van der Waals surface area contributed by atoms with Crippen molar-refractivity contribution in [2.75, 3.05) is 32.7 Å². The Hall–Kier alpha value is -1.10. The number of hydrogen-bond acceptors (Lipinski definition) is 3. The van der Waals surface area contributed by atoms with Crippen molar-refractivity contribution in [2.24, 2.45) is 11.8 Å². The molecule has 21 heavy (non-hydrogen) atoms. The maximum absolute atomic E-state index is 12.2. The Morgan fingerprint density at radius 2 is 1.71 bits per heavy atom. The van der Waals surface area contributed by atoms with Gasteiger partial charge < -0.3 is 14.9 Å². The average Bonchev–Trinajstić information content (AvgIpc) is 3.29. The van der Waals surface area contributed by atoms with E-state index in [1.807, 2.05) is 0 Å². The Balaban J connectivity index is 2.38. The maximum atomic E-state index is 12.2. The zero-order valence-corrected chi connectivity index (χ0v) is 13.7. The quantitative estimate of drug-likeness (QED) is 0.593. The second-order valence-electron chi connectivity index (χ2n) is 6.03. The summed E-state index contributed by atoms with van der Waals surface area (Å²) in [5, 5.41) is 9.03. The summed E-state index contributed by atoms with van der Waals surface area (Å²) in [6.45, 7) is 10.2. The van der Waals surface area contributed by atoms with Crippen LogP contribution in [0.15, 0.2) is 0 Å². The molecular formula is C16H30N2O3. The normalized spacial score (nSPS) is 16.0. The summed E-state index contributed by atoms with van der Waals surface area (Å²) in [6, 6.07) is 0. The highest BCUT2D eigenvalue weighted by molar-refractivity contribution is 5.81. The lowest BCUT2D eigenvalue weighted by atomic mass is 10.1. The van der Waals surface area contributed by atoms with Crippen LogP contribution >= 0.6 is 0 Å². The second-order valence-corrected chi connectivity index (χ2v) is 6.03. The van der Waals surface area contributed by atoms with Crippen LogP contribution in [-0.2, 0) is 9.59 Å². The third kappa shape index (κ3) is 6.46. The van der Waals surface area contributed by atoms with Gasteiger partial charge in [0, 0.05) is 19.0 Å². The summed E-state index contributed by atoms with van der Waals surface area (Å²) in [5.74, 6) is -0.998. The summed E-state index contributed by atoms with van der Waals surface area (Å²) in [4.78, 5) is 27.4. The highest BCUT2D eigenvalue weighted by Crippen LogP contribution is 2.31. The standard InChI is InChI=1S/C16H30N2O3/c1-4-17(5-2)10-6-7-11-18(12-13(3)16(20)21)15(19)14-8-9-14/h13-14H,4-12H2,1-3H3,(H,20,21). The molecule has 1 rings (SSSR count). The number of rotatable bonds is 11. The molecule has 0 spiro atoms. The number of aliphatic carboxylic acids is 1. The first-order chi connectivity index (χ1) is 9.99. The number of carbonyl (C=O) groups excluding carboxylic acids is 1. The van der Waals surface area contributed by atoms with E-state index in [1.165, 1.54) is 0 Å². The molecule has 1 saturated carbocycles. The maximum Gasteiger partial charge on any atom is 0.308 e. The average molecular weight is 298 g/mol. The van der Waals surface area contributed by atoms with Crippen molar-refractivity contribution >= 4 is 11.9 Å². The number of unbranched alkanes of at least 4 members (excludes halogenated alkanes) is 1. The molecule has 1 N–H and O–H groups in total. The van der Waals surface area contributed by atoms with Crippen molar-refractivity contribution in [1.82, 2.24) is 9.80 Å². The van der Waals surface area contributed by atoms with Gasteiger partial charge in [-0.1, -0.05) is 20.8 Å². The SMILES string of the molecule is CCN(CC)CCCCN(CC(C)C(=O)O)C(=O)C1CC1. The van der Waals surface area contributed by atoms with Gasteiger partial charge in [0.05, 0.1) is 5.92 Å². The van der Waals surface area contributed by atoms with Crippen molar-refractivity contribution in [3.63, 3.8) is 0 Å². The zero-order valence-electron chi connectivity index (χ0n) is 13.7. The number of carboxylic acid groups (broad SMARTS) is 1. The number of hydrogen-bond donors (Lipinski definition) is 1. The van der Waals surface area contributed by atoms with Crippen molar-refractivity contribution in [3.05, 3.63) is 0 Å². The second kappa shape index (κ2) is 9.03. The number of carboxylic acids is 1. The van der Waals surface area contributed by atoms with Crippen molar-refractivity contribution in [1.29, 1.82) is 0 Å². The third-order valence-corrected chi connectivity index (χ3v) is 4.20. The fourth-order valence-corrected chi connectivity index (χ4v) is 2.47. The molecule has 1 aliphatic carbocycles. The van der Waals surface area contributed by atoms with Crippen LogP contribution in [0.1, 0.15) is 46.5 Å². The molecule has 0 bridgehead atoms. The molecule has 1 amide bonds. The Kier molecular flexibility index (Phi) is 7.72. The molecule has 0 aromatic heterocycles. The Labute approximate surface area is 128 Å². The van der Waals surface area contributed by atoms with E-state index >= 15 is 0 Å². The van der Waals surface area contributed by atoms with E-state index in [9.17, 15) is 9.59 Å². The van der Waals surface area contributed by atoms with Crippen molar-refractivity contribution in [2.45, 2.75) is 46.5 Å². The zero-order chi connectivity index (χ0) is 15.8. The van der Waals surface area contributed by atoms with Gasteiger partial charge in [0.15, 0.2) is 0 Å². The van der Waals surface area contributed by atoms with Gasteiger partial charge in [-0.05, 0) is 45.3 Å². The minimum atomic E-state index is -0.827. The summed E-state index contributed by atoms with van der Waals surface area (Å²) in [6.07, 6.45) is 3.94. The molecule has 5 nitrogen and oxygen atoms in total. The first-order valence-electron chi connectivity index (χ1n) is 8.23. The lowest BCUT2D eigenvalue weighted by Gasteiger charge is -2.25. The van der Waals surface area contributed by atoms with Crippen LogP contribution in [0.2, 0.25) is 0 Å². The lowest BCUT2D eigenvalue weighted by Crippen LogP contribution is -2.38. The van der Waals surface area contributed by atoms with Crippen LogP contribution in [-0.4, -0.2) is 59.5 Å². The Morgan fingerprint density at radius 3 is 2.19 bits per heavy atom. The van der Waals surface area contributed by atoms with Crippen LogP contribution in [0.25, 0.3) is 0 Å². The predicted molar refractivity (Wildman–Crippen MR) is 83.1 cm³/mol. The first kappa shape index (κ1) is 18.0. The van der Waals surface area contributed by atoms with Gasteiger partial charge in [0.25, 0.3) is 0 Å². The molecule has 1 atom stereocenters. The van der Waals surface area contributed by atoms with E-state index in [-0.39, 0.29) is 11.8 Å². The number of nitrogens with zero attached hydrogens (tertiary/aromatic N) is 2. The van der Waals surface area contributed by atoms with Crippen molar-refractivity contribution < 1.29 is 14.7 Å². The van der Waals surface area contributed by atoms with Gasteiger partial charge in [-0.25, -0.2) is 0 Å². The van der Waals surface area contributed by atoms with Gasteiger partial charge in [-0.2, -0.15) is 0 Å². The van der Waals surface area contributed by atoms with Gasteiger partial charge in [0.1, 0.15) is 0 Å². The number of carbonyl (C=O) groups is 2. The molecule has 0 aromatic rings. The summed E-state index contributed by atoms with van der Waals surface area (Å²) < 4.78 is 0. The van der Waals surface area contributed by atoms with E-state index in [0.29, 0.717) is 13.1 Å². The molecule has 1 unspecified atom stereocenters. The molecule has 0 saturated heterocycles. The van der Waals surface area contributed by atoms with Crippen LogP contribution in [0.4, 0.5) is 0 Å². The third-order valence-electron chi connectivity index (χ3n) is 4.20. The van der Waals surface area contributed by atoms with Gasteiger partial charge in [-0.3, -0.25) is 9.59 Å². The smallest absolute Gasteiger partial charge is 0.308 e. The van der Waals surface area contributed by atoms with E-state index in [4.69, 9.17) is 5.11 Å². The minimum Gasteiger partial charge on any atom is -0.481 e. The van der Waals surface area contributed by atoms with Crippen LogP contribution in [0.5, 0.6) is 0 Å². The fourth-order valence-electron chi connectivity index (χ4n) is 2.47. The summed E-state index contributed by atoms with van der Waals surface area (Å²) in [7, 11) is 0. The van der Waals surface area contributed by atoms with E-state index in [2.05, 4.69) is 18.7 Å². The van der Waals surface area contributed by atoms with E-state index < -0.39 is 11.9 Å². The largest absolute Gasteiger partial charge is 0.481 e. The highest BCUT2D eigenvalue weighted by Gasteiger charge is 2.34.